The zero-order valence-corrected chi connectivity index (χ0v) is 20.8. The molecule has 5 aromatic rings. The number of anilines is 1. The molecule has 0 fully saturated rings. The van der Waals surface area contributed by atoms with Gasteiger partial charge < -0.3 is 10.4 Å². The highest BCUT2D eigenvalue weighted by atomic mass is 16.6. The van der Waals surface area contributed by atoms with Gasteiger partial charge in [0.25, 0.3) is 5.69 Å². The van der Waals surface area contributed by atoms with Crippen LogP contribution in [0.4, 0.5) is 11.5 Å². The minimum absolute atomic E-state index is 0.0124. The Morgan fingerprint density at radius 1 is 1.07 bits per heavy atom. The van der Waals surface area contributed by atoms with Gasteiger partial charge in [-0.2, -0.15) is 0 Å². The van der Waals surface area contributed by atoms with Gasteiger partial charge in [-0.1, -0.05) is 18.2 Å². The number of para-hydroxylation sites is 1. The van der Waals surface area contributed by atoms with Crippen molar-refractivity contribution in [2.45, 2.75) is 31.3 Å². The lowest BCUT2D eigenvalue weighted by Crippen LogP contribution is -2.35. The molecular weight excluding hydrogens is 516 g/mol. The summed E-state index contributed by atoms with van der Waals surface area (Å²) in [7, 11) is 0. The fourth-order valence-corrected chi connectivity index (χ4v) is 6.13. The second kappa shape index (κ2) is 8.30. The molecule has 1 amide bonds. The number of nitro groups is 1. The molecule has 0 bridgehead atoms. The first kappa shape index (κ1) is 23.7. The van der Waals surface area contributed by atoms with Crippen molar-refractivity contribution in [3.8, 4) is 0 Å². The molecular formula is C28H20N6O6. The van der Waals surface area contributed by atoms with Gasteiger partial charge in [0.2, 0.25) is 5.91 Å². The maximum atomic E-state index is 13.3. The minimum atomic E-state index is -1.29. The predicted octanol–water partition coefficient (Wildman–Crippen LogP) is 2.78. The highest BCUT2D eigenvalue weighted by molar-refractivity contribution is 6.06. The molecule has 12 heteroatoms. The third kappa shape index (κ3) is 3.35. The van der Waals surface area contributed by atoms with Gasteiger partial charge in [-0.25, -0.2) is 9.78 Å². The summed E-state index contributed by atoms with van der Waals surface area (Å²) in [5.41, 5.74) is 2.64. The molecule has 1 aliphatic carbocycles. The van der Waals surface area contributed by atoms with E-state index in [9.17, 15) is 29.6 Å². The van der Waals surface area contributed by atoms with Crippen LogP contribution in [0.2, 0.25) is 0 Å². The van der Waals surface area contributed by atoms with Crippen LogP contribution in [0.3, 0.4) is 0 Å². The number of benzene rings is 2. The number of nitrogens with zero attached hydrogens (tertiary/aromatic N) is 5. The van der Waals surface area contributed by atoms with Gasteiger partial charge in [0.05, 0.1) is 33.6 Å². The third-order valence-electron chi connectivity index (χ3n) is 7.87. The monoisotopic (exact) mass is 536 g/mol. The summed E-state index contributed by atoms with van der Waals surface area (Å²) in [6.45, 7) is -0.722. The highest BCUT2D eigenvalue weighted by Crippen LogP contribution is 2.47. The molecule has 40 heavy (non-hydrogen) atoms. The summed E-state index contributed by atoms with van der Waals surface area (Å²) < 4.78 is 2.21. The molecule has 0 saturated heterocycles. The Balaban J connectivity index is 1.29. The molecule has 7 rings (SSSR count). The summed E-state index contributed by atoms with van der Waals surface area (Å²) in [4.78, 5) is 57.9. The quantitative estimate of drug-likeness (QED) is 0.256. The van der Waals surface area contributed by atoms with Crippen LogP contribution in [-0.4, -0.2) is 41.0 Å². The number of pyridine rings is 2. The number of aromatic nitrogens is 4. The Kier molecular flexibility index (Phi) is 4.92. The van der Waals surface area contributed by atoms with E-state index in [0.717, 1.165) is 26.6 Å². The van der Waals surface area contributed by atoms with Gasteiger partial charge in [0, 0.05) is 23.2 Å². The van der Waals surface area contributed by atoms with E-state index in [1.54, 1.807) is 18.3 Å². The van der Waals surface area contributed by atoms with Crippen molar-refractivity contribution in [1.82, 2.24) is 19.1 Å². The molecule has 0 unspecified atom stereocenters. The Bertz CT molecular complexity index is 2010. The SMILES string of the molecule is O=C(O)Cn1c(=O)n(Cc2ccc3cc4c(cc3n2)C[C@@]2(C4)C(=O)Nc3ncccc32)c2cccc([N+](=O)[O-])c21. The molecule has 12 nitrogen and oxygen atoms in total. The maximum absolute atomic E-state index is 13.3. The number of aliphatic carboxylic acids is 1. The lowest BCUT2D eigenvalue weighted by atomic mass is 9.79. The van der Waals surface area contributed by atoms with Crippen molar-refractivity contribution in [3.63, 3.8) is 0 Å². The number of carboxylic acids is 1. The van der Waals surface area contributed by atoms with E-state index >= 15 is 0 Å². The molecule has 1 aliphatic heterocycles. The van der Waals surface area contributed by atoms with Gasteiger partial charge >= 0.3 is 11.7 Å². The van der Waals surface area contributed by atoms with E-state index in [4.69, 9.17) is 4.98 Å². The maximum Gasteiger partial charge on any atom is 0.330 e. The Labute approximate surface area is 224 Å². The first-order valence-corrected chi connectivity index (χ1v) is 12.5. The van der Waals surface area contributed by atoms with Gasteiger partial charge in [-0.15, -0.1) is 0 Å². The van der Waals surface area contributed by atoms with Crippen molar-refractivity contribution >= 4 is 45.3 Å². The number of nitrogens with one attached hydrogen (secondary N) is 1. The van der Waals surface area contributed by atoms with Crippen molar-refractivity contribution < 1.29 is 19.6 Å². The summed E-state index contributed by atoms with van der Waals surface area (Å²) in [5, 5.41) is 24.8. The smallest absolute Gasteiger partial charge is 0.330 e. The van der Waals surface area contributed by atoms with E-state index in [0.29, 0.717) is 29.9 Å². The summed E-state index contributed by atoms with van der Waals surface area (Å²) >= 11 is 0. The number of imidazole rings is 1. The number of fused-ring (bicyclic) bond motifs is 5. The zero-order valence-electron chi connectivity index (χ0n) is 20.8. The Morgan fingerprint density at radius 2 is 1.88 bits per heavy atom. The minimum Gasteiger partial charge on any atom is -0.480 e. The number of carbonyl (C=O) groups is 2. The lowest BCUT2D eigenvalue weighted by molar-refractivity contribution is -0.383. The number of rotatable bonds is 5. The average molecular weight is 537 g/mol. The fraction of sp³-hybridized carbons (Fsp3) is 0.179. The zero-order chi connectivity index (χ0) is 27.8. The lowest BCUT2D eigenvalue weighted by Gasteiger charge is -2.20. The van der Waals surface area contributed by atoms with Gasteiger partial charge in [0.1, 0.15) is 17.9 Å². The second-order valence-electron chi connectivity index (χ2n) is 10.2. The topological polar surface area (TPSA) is 162 Å². The second-order valence-corrected chi connectivity index (χ2v) is 10.2. The van der Waals surface area contributed by atoms with Crippen LogP contribution in [0, 0.1) is 10.1 Å². The largest absolute Gasteiger partial charge is 0.480 e. The van der Waals surface area contributed by atoms with Crippen LogP contribution in [0.15, 0.2) is 65.6 Å². The highest BCUT2D eigenvalue weighted by Gasteiger charge is 2.51. The third-order valence-corrected chi connectivity index (χ3v) is 7.87. The summed E-state index contributed by atoms with van der Waals surface area (Å²) in [6.07, 6.45) is 2.73. The molecule has 0 radical (unpaired) electrons. The van der Waals surface area contributed by atoms with E-state index in [1.807, 2.05) is 30.3 Å². The number of hydrogen-bond donors (Lipinski definition) is 2. The van der Waals surface area contributed by atoms with Crippen LogP contribution in [0.25, 0.3) is 21.9 Å². The van der Waals surface area contributed by atoms with Crippen LogP contribution in [0.1, 0.15) is 22.4 Å². The van der Waals surface area contributed by atoms with Crippen molar-refractivity contribution in [3.05, 3.63) is 104 Å². The number of amides is 1. The first-order chi connectivity index (χ1) is 19.2. The predicted molar refractivity (Wildman–Crippen MR) is 143 cm³/mol. The number of nitro benzene ring substituents is 1. The van der Waals surface area contributed by atoms with E-state index in [1.165, 1.54) is 16.7 Å². The molecule has 2 aliphatic rings. The Hall–Kier alpha value is -5.39. The normalized spacial score (nSPS) is 17.4. The number of non-ortho nitro benzene ring substituents is 1. The molecule has 2 N–H and O–H groups in total. The number of carbonyl (C=O) groups excluding carboxylic acids is 1. The molecule has 4 heterocycles. The first-order valence-electron chi connectivity index (χ1n) is 12.5. The number of carboxylic acid groups (broad SMARTS) is 1. The van der Waals surface area contributed by atoms with Gasteiger partial charge in [0.15, 0.2) is 0 Å². The standard InChI is InChI=1S/C28H20N6O6/c35-23(36)14-33-24-21(4-1-5-22(24)34(39)40)32(27(33)38)13-18-7-6-15-9-16-11-28(12-17(16)10-20(15)30-18)19-3-2-8-29-25(19)31-26(28)37/h1-10H,11-14H2,(H,35,36)(H,29,31,37)/t28-/m1/s1. The van der Waals surface area contributed by atoms with Crippen LogP contribution < -0.4 is 11.0 Å². The summed E-state index contributed by atoms with van der Waals surface area (Å²) in [5.74, 6) is -0.761. The Morgan fingerprint density at radius 3 is 2.65 bits per heavy atom. The van der Waals surface area contributed by atoms with Crippen LogP contribution in [-0.2, 0) is 40.9 Å². The van der Waals surface area contributed by atoms with E-state index < -0.39 is 28.5 Å². The van der Waals surface area contributed by atoms with Crippen molar-refractivity contribution in [1.29, 1.82) is 0 Å². The van der Waals surface area contributed by atoms with E-state index in [-0.39, 0.29) is 29.2 Å². The van der Waals surface area contributed by atoms with Gasteiger partial charge in [-0.3, -0.25) is 33.8 Å². The van der Waals surface area contributed by atoms with Crippen molar-refractivity contribution in [2.75, 3.05) is 5.32 Å². The van der Waals surface area contributed by atoms with Crippen molar-refractivity contribution in [2.24, 2.45) is 0 Å². The molecule has 2 aromatic carbocycles. The van der Waals surface area contributed by atoms with Crippen LogP contribution >= 0.6 is 0 Å². The molecule has 0 saturated carbocycles. The molecule has 1 atom stereocenters. The average Bonchev–Trinajstić information content (AvgIpc) is 3.52. The molecule has 3 aromatic heterocycles. The van der Waals surface area contributed by atoms with Gasteiger partial charge in [-0.05, 0) is 54.3 Å². The fourth-order valence-electron chi connectivity index (χ4n) is 6.13. The summed E-state index contributed by atoms with van der Waals surface area (Å²) in [6, 6.07) is 15.7. The number of hydrogen-bond acceptors (Lipinski definition) is 7. The molecule has 198 valence electrons. The molecule has 1 spiro atoms. The van der Waals surface area contributed by atoms with Crippen LogP contribution in [0.5, 0.6) is 0 Å². The van der Waals surface area contributed by atoms with E-state index in [2.05, 4.69) is 10.3 Å².